The van der Waals surface area contributed by atoms with Gasteiger partial charge in [0.25, 0.3) is 0 Å². The van der Waals surface area contributed by atoms with Crippen LogP contribution in [0.2, 0.25) is 0 Å². The summed E-state index contributed by atoms with van der Waals surface area (Å²) in [6.07, 6.45) is 4.56. The highest BCUT2D eigenvalue weighted by Gasteiger charge is 2.38. The number of nitrogens with zero attached hydrogens (tertiary/aromatic N) is 3. The van der Waals surface area contributed by atoms with E-state index in [9.17, 15) is 0 Å². The summed E-state index contributed by atoms with van der Waals surface area (Å²) >= 11 is 0. The van der Waals surface area contributed by atoms with Crippen molar-refractivity contribution in [1.29, 1.82) is 0 Å². The zero-order chi connectivity index (χ0) is 12.0. The molecule has 0 spiro atoms. The Balaban J connectivity index is 1.93. The van der Waals surface area contributed by atoms with Gasteiger partial charge in [0, 0.05) is 11.7 Å². The molecule has 0 amide bonds. The van der Waals surface area contributed by atoms with E-state index in [1.165, 1.54) is 12.8 Å². The number of pyridine rings is 1. The topological polar surface area (TPSA) is 42.2 Å². The highest BCUT2D eigenvalue weighted by molar-refractivity contribution is 5.50. The first-order valence-electron chi connectivity index (χ1n) is 6.16. The predicted molar refractivity (Wildman–Crippen MR) is 68.1 cm³/mol. The van der Waals surface area contributed by atoms with E-state index in [4.69, 9.17) is 0 Å². The third-order valence-corrected chi connectivity index (χ3v) is 3.59. The van der Waals surface area contributed by atoms with Gasteiger partial charge in [-0.2, -0.15) is 4.98 Å². The van der Waals surface area contributed by atoms with E-state index >= 15 is 0 Å². The van der Waals surface area contributed by atoms with Gasteiger partial charge in [-0.05, 0) is 51.2 Å². The lowest BCUT2D eigenvalue weighted by molar-refractivity contribution is 0.490. The lowest BCUT2D eigenvalue weighted by atomic mass is 9.99. The number of hydrogen-bond acceptors (Lipinski definition) is 3. The molecular formula is C13H18N4. The highest BCUT2D eigenvalue weighted by Crippen LogP contribution is 2.40. The number of fused-ring (bicyclic) bond motifs is 1. The quantitative estimate of drug-likeness (QED) is 0.881. The Labute approximate surface area is 101 Å². The lowest BCUT2D eigenvalue weighted by Crippen LogP contribution is -2.33. The van der Waals surface area contributed by atoms with Crippen LogP contribution in [-0.4, -0.2) is 20.1 Å². The van der Waals surface area contributed by atoms with Crippen molar-refractivity contribution in [3.8, 4) is 0 Å². The minimum absolute atomic E-state index is 0.0961. The molecule has 2 heterocycles. The summed E-state index contributed by atoms with van der Waals surface area (Å²) in [5.74, 6) is 1.49. The van der Waals surface area contributed by atoms with Crippen molar-refractivity contribution in [1.82, 2.24) is 14.6 Å². The van der Waals surface area contributed by atoms with Crippen LogP contribution in [0.1, 0.15) is 32.3 Å². The Bertz CT molecular complexity index is 552. The maximum absolute atomic E-state index is 4.55. The smallest absolute Gasteiger partial charge is 0.243 e. The van der Waals surface area contributed by atoms with E-state index < -0.39 is 0 Å². The average Bonchev–Trinajstić information content (AvgIpc) is 3.02. The molecule has 4 heteroatoms. The van der Waals surface area contributed by atoms with Crippen LogP contribution in [0.4, 0.5) is 5.95 Å². The maximum atomic E-state index is 4.55. The molecule has 90 valence electrons. The van der Waals surface area contributed by atoms with Crippen LogP contribution in [0.15, 0.2) is 18.3 Å². The largest absolute Gasteiger partial charge is 0.348 e. The molecule has 0 radical (unpaired) electrons. The second kappa shape index (κ2) is 3.45. The molecule has 2 aromatic rings. The summed E-state index contributed by atoms with van der Waals surface area (Å²) in [6.45, 7) is 6.51. The van der Waals surface area contributed by atoms with Crippen molar-refractivity contribution in [2.45, 2.75) is 39.2 Å². The Morgan fingerprint density at radius 3 is 2.82 bits per heavy atom. The normalized spacial score (nSPS) is 16.4. The molecule has 0 unspecified atom stereocenters. The van der Waals surface area contributed by atoms with Crippen LogP contribution in [0.25, 0.3) is 5.65 Å². The molecule has 1 N–H and O–H groups in total. The summed E-state index contributed by atoms with van der Waals surface area (Å²) in [6, 6.07) is 4.05. The first kappa shape index (κ1) is 10.6. The molecule has 0 aliphatic heterocycles. The minimum Gasteiger partial charge on any atom is -0.348 e. The molecule has 1 aliphatic rings. The molecule has 1 fully saturated rings. The molecule has 0 bridgehead atoms. The van der Waals surface area contributed by atoms with Gasteiger partial charge in [0.05, 0.1) is 0 Å². The zero-order valence-electron chi connectivity index (χ0n) is 10.6. The second-order valence-electron chi connectivity index (χ2n) is 5.52. The van der Waals surface area contributed by atoms with Crippen molar-refractivity contribution in [3.05, 3.63) is 23.9 Å². The maximum Gasteiger partial charge on any atom is 0.243 e. The minimum atomic E-state index is 0.0961. The molecule has 0 saturated heterocycles. The number of hydrogen-bond donors (Lipinski definition) is 1. The van der Waals surface area contributed by atoms with Crippen LogP contribution in [0.5, 0.6) is 0 Å². The van der Waals surface area contributed by atoms with Crippen LogP contribution < -0.4 is 5.32 Å². The summed E-state index contributed by atoms with van der Waals surface area (Å²) < 4.78 is 1.83. The molecule has 0 aromatic carbocycles. The fourth-order valence-electron chi connectivity index (χ4n) is 2.29. The Hall–Kier alpha value is -1.58. The SMILES string of the molecule is Cc1cccn2nc(NC(C)(C)C3CC3)nc12. The molecular weight excluding hydrogens is 212 g/mol. The summed E-state index contributed by atoms with van der Waals surface area (Å²) in [7, 11) is 0. The van der Waals surface area contributed by atoms with Crippen molar-refractivity contribution in [2.24, 2.45) is 5.92 Å². The second-order valence-corrected chi connectivity index (χ2v) is 5.52. The average molecular weight is 230 g/mol. The fourth-order valence-corrected chi connectivity index (χ4v) is 2.29. The van der Waals surface area contributed by atoms with Gasteiger partial charge in [-0.15, -0.1) is 5.10 Å². The van der Waals surface area contributed by atoms with Gasteiger partial charge in [0.1, 0.15) is 0 Å². The summed E-state index contributed by atoms with van der Waals surface area (Å²) in [5.41, 5.74) is 2.18. The van der Waals surface area contributed by atoms with Crippen LogP contribution in [-0.2, 0) is 0 Å². The highest BCUT2D eigenvalue weighted by atomic mass is 15.4. The monoisotopic (exact) mass is 230 g/mol. The molecule has 4 nitrogen and oxygen atoms in total. The van der Waals surface area contributed by atoms with Gasteiger partial charge in [-0.3, -0.25) is 0 Å². The van der Waals surface area contributed by atoms with Crippen molar-refractivity contribution in [3.63, 3.8) is 0 Å². The number of anilines is 1. The van der Waals surface area contributed by atoms with Gasteiger partial charge in [-0.1, -0.05) is 6.07 Å². The number of nitrogens with one attached hydrogen (secondary N) is 1. The Morgan fingerprint density at radius 2 is 2.18 bits per heavy atom. The van der Waals surface area contributed by atoms with Gasteiger partial charge >= 0.3 is 0 Å². The Morgan fingerprint density at radius 1 is 1.41 bits per heavy atom. The van der Waals surface area contributed by atoms with Gasteiger partial charge in [0.15, 0.2) is 5.65 Å². The van der Waals surface area contributed by atoms with Crippen molar-refractivity contribution >= 4 is 11.6 Å². The van der Waals surface area contributed by atoms with E-state index in [1.807, 2.05) is 16.8 Å². The number of aromatic nitrogens is 3. The van der Waals surface area contributed by atoms with E-state index in [0.29, 0.717) is 0 Å². The Kier molecular flexibility index (Phi) is 2.15. The molecule has 0 atom stereocenters. The van der Waals surface area contributed by atoms with Gasteiger partial charge < -0.3 is 5.32 Å². The first-order chi connectivity index (χ1) is 8.06. The number of rotatable bonds is 3. The molecule has 1 saturated carbocycles. The fraction of sp³-hybridized carbons (Fsp3) is 0.538. The van der Waals surface area contributed by atoms with Crippen LogP contribution in [0.3, 0.4) is 0 Å². The lowest BCUT2D eigenvalue weighted by Gasteiger charge is -2.24. The van der Waals surface area contributed by atoms with E-state index in [1.54, 1.807) is 0 Å². The number of aryl methyl sites for hydroxylation is 1. The third kappa shape index (κ3) is 1.88. The predicted octanol–water partition coefficient (Wildman–Crippen LogP) is 2.64. The van der Waals surface area contributed by atoms with Crippen molar-refractivity contribution in [2.75, 3.05) is 5.32 Å². The van der Waals surface area contributed by atoms with Gasteiger partial charge in [0.2, 0.25) is 5.95 Å². The van der Waals surface area contributed by atoms with Crippen LogP contribution >= 0.6 is 0 Å². The zero-order valence-corrected chi connectivity index (χ0v) is 10.6. The van der Waals surface area contributed by atoms with E-state index in [0.717, 1.165) is 23.1 Å². The van der Waals surface area contributed by atoms with Crippen molar-refractivity contribution < 1.29 is 0 Å². The van der Waals surface area contributed by atoms with E-state index in [-0.39, 0.29) is 5.54 Å². The molecule has 17 heavy (non-hydrogen) atoms. The first-order valence-corrected chi connectivity index (χ1v) is 6.16. The standard InChI is InChI=1S/C13H18N4/c1-9-5-4-8-17-11(9)14-12(16-17)15-13(2,3)10-6-7-10/h4-5,8,10H,6-7H2,1-3H3,(H,15,16). The molecule has 1 aliphatic carbocycles. The van der Waals surface area contributed by atoms with Gasteiger partial charge in [-0.25, -0.2) is 4.52 Å². The molecule has 2 aromatic heterocycles. The summed E-state index contributed by atoms with van der Waals surface area (Å²) in [4.78, 5) is 4.55. The third-order valence-electron chi connectivity index (χ3n) is 3.59. The molecule has 3 rings (SSSR count). The van der Waals surface area contributed by atoms with Crippen LogP contribution in [0, 0.1) is 12.8 Å². The van der Waals surface area contributed by atoms with E-state index in [2.05, 4.69) is 42.2 Å². The summed E-state index contributed by atoms with van der Waals surface area (Å²) in [5, 5.41) is 7.92.